The van der Waals surface area contributed by atoms with Crippen molar-refractivity contribution in [3.05, 3.63) is 35.9 Å². The van der Waals surface area contributed by atoms with Gasteiger partial charge in [0.2, 0.25) is 11.8 Å². The molecular weight excluding hydrogens is 244 g/mol. The summed E-state index contributed by atoms with van der Waals surface area (Å²) < 4.78 is 0. The molecule has 104 valence electrons. The molecule has 0 saturated carbocycles. The van der Waals surface area contributed by atoms with Crippen LogP contribution in [0.5, 0.6) is 0 Å². The van der Waals surface area contributed by atoms with E-state index in [1.54, 1.807) is 45.0 Å². The number of carbonyl (C=O) groups excluding carboxylic acids is 2. The summed E-state index contributed by atoms with van der Waals surface area (Å²) in [7, 11) is 0. The monoisotopic (exact) mass is 264 g/mol. The Labute approximate surface area is 113 Å². The highest BCUT2D eigenvalue weighted by molar-refractivity contribution is 5.85. The second-order valence-electron chi connectivity index (χ2n) is 5.38. The summed E-state index contributed by atoms with van der Waals surface area (Å²) in [5.74, 6) is -0.719. The molecule has 0 bridgehead atoms. The Bertz CT molecular complexity index is 438. The number of hydrazine groups is 1. The van der Waals surface area contributed by atoms with Crippen molar-refractivity contribution in [2.45, 2.75) is 33.3 Å². The van der Waals surface area contributed by atoms with E-state index in [0.717, 1.165) is 0 Å². The standard InChI is InChI=1S/C14H20N2O3/c1-14(2,3)13(19)16-15-12(18)9-11(17)10-7-5-4-6-8-10/h4-8,11,17H,9H2,1-3H3,(H,15,18)(H,16,19). The summed E-state index contributed by atoms with van der Waals surface area (Å²) in [6, 6.07) is 8.90. The Morgan fingerprint density at radius 1 is 1.16 bits per heavy atom. The fourth-order valence-electron chi connectivity index (χ4n) is 1.33. The molecule has 0 aromatic heterocycles. The van der Waals surface area contributed by atoms with Crippen molar-refractivity contribution in [1.29, 1.82) is 0 Å². The number of amides is 2. The summed E-state index contributed by atoms with van der Waals surface area (Å²) in [5, 5.41) is 9.84. The molecule has 0 aliphatic heterocycles. The molecule has 3 N–H and O–H groups in total. The molecule has 0 saturated heterocycles. The van der Waals surface area contributed by atoms with Crippen molar-refractivity contribution in [3.63, 3.8) is 0 Å². The third-order valence-corrected chi connectivity index (χ3v) is 2.56. The third kappa shape index (κ3) is 5.09. The highest BCUT2D eigenvalue weighted by Gasteiger charge is 2.22. The molecule has 0 spiro atoms. The van der Waals surface area contributed by atoms with Crippen molar-refractivity contribution in [2.75, 3.05) is 0 Å². The van der Waals surface area contributed by atoms with Gasteiger partial charge in [0.25, 0.3) is 0 Å². The quantitative estimate of drug-likeness (QED) is 0.720. The maximum absolute atomic E-state index is 11.6. The summed E-state index contributed by atoms with van der Waals surface area (Å²) in [4.78, 5) is 23.1. The Hall–Kier alpha value is -1.88. The molecule has 1 rings (SSSR count). The van der Waals surface area contributed by atoms with Crippen LogP contribution >= 0.6 is 0 Å². The van der Waals surface area contributed by atoms with Crippen LogP contribution in [0.1, 0.15) is 38.9 Å². The molecule has 1 aromatic carbocycles. The first-order chi connectivity index (χ1) is 8.80. The number of hydrogen-bond acceptors (Lipinski definition) is 3. The molecule has 1 unspecified atom stereocenters. The first kappa shape index (κ1) is 15.2. The van der Waals surface area contributed by atoms with Crippen molar-refractivity contribution in [2.24, 2.45) is 5.41 Å². The van der Waals surface area contributed by atoms with Crippen molar-refractivity contribution >= 4 is 11.8 Å². The van der Waals surface area contributed by atoms with Gasteiger partial charge in [0.1, 0.15) is 0 Å². The SMILES string of the molecule is CC(C)(C)C(=O)NNC(=O)CC(O)c1ccccc1. The fourth-order valence-corrected chi connectivity index (χ4v) is 1.33. The molecule has 5 heteroatoms. The zero-order valence-corrected chi connectivity index (χ0v) is 11.4. The Morgan fingerprint density at radius 2 is 1.74 bits per heavy atom. The summed E-state index contributed by atoms with van der Waals surface area (Å²) in [6.45, 7) is 5.23. The van der Waals surface area contributed by atoms with E-state index in [-0.39, 0.29) is 12.3 Å². The van der Waals surface area contributed by atoms with Crippen LogP contribution in [0.3, 0.4) is 0 Å². The van der Waals surface area contributed by atoms with E-state index in [1.807, 2.05) is 6.07 Å². The van der Waals surface area contributed by atoms with E-state index in [0.29, 0.717) is 5.56 Å². The van der Waals surface area contributed by atoms with Gasteiger partial charge in [-0.2, -0.15) is 0 Å². The van der Waals surface area contributed by atoms with Gasteiger partial charge in [-0.25, -0.2) is 0 Å². The molecule has 1 aromatic rings. The lowest BCUT2D eigenvalue weighted by atomic mass is 9.96. The second kappa shape index (κ2) is 6.33. The van der Waals surface area contributed by atoms with Crippen LogP contribution in [-0.4, -0.2) is 16.9 Å². The average Bonchev–Trinajstić information content (AvgIpc) is 2.35. The van der Waals surface area contributed by atoms with Crippen LogP contribution in [0, 0.1) is 5.41 Å². The van der Waals surface area contributed by atoms with Crippen molar-refractivity contribution in [3.8, 4) is 0 Å². The van der Waals surface area contributed by atoms with Gasteiger partial charge < -0.3 is 5.11 Å². The first-order valence-corrected chi connectivity index (χ1v) is 6.13. The number of rotatable bonds is 3. The number of hydrogen-bond donors (Lipinski definition) is 3. The topological polar surface area (TPSA) is 78.4 Å². The maximum atomic E-state index is 11.6. The molecule has 2 amide bonds. The summed E-state index contributed by atoms with van der Waals surface area (Å²) >= 11 is 0. The van der Waals surface area contributed by atoms with Crippen LogP contribution in [0.4, 0.5) is 0 Å². The summed E-state index contributed by atoms with van der Waals surface area (Å²) in [6.07, 6.45) is -0.984. The minimum Gasteiger partial charge on any atom is -0.388 e. The lowest BCUT2D eigenvalue weighted by molar-refractivity contribution is -0.134. The first-order valence-electron chi connectivity index (χ1n) is 6.13. The number of aliphatic hydroxyl groups excluding tert-OH is 1. The van der Waals surface area contributed by atoms with Gasteiger partial charge in [-0.1, -0.05) is 51.1 Å². The van der Waals surface area contributed by atoms with Crippen LogP contribution in [0.15, 0.2) is 30.3 Å². The molecule has 19 heavy (non-hydrogen) atoms. The number of benzene rings is 1. The van der Waals surface area contributed by atoms with E-state index in [4.69, 9.17) is 0 Å². The molecule has 0 radical (unpaired) electrons. The maximum Gasteiger partial charge on any atom is 0.243 e. The van der Waals surface area contributed by atoms with E-state index in [2.05, 4.69) is 10.9 Å². The number of aliphatic hydroxyl groups is 1. The van der Waals surface area contributed by atoms with Crippen LogP contribution < -0.4 is 10.9 Å². The molecule has 0 aliphatic carbocycles. The Balaban J connectivity index is 2.42. The van der Waals surface area contributed by atoms with Gasteiger partial charge >= 0.3 is 0 Å². The highest BCUT2D eigenvalue weighted by atomic mass is 16.3. The molecule has 0 fully saturated rings. The fraction of sp³-hybridized carbons (Fsp3) is 0.429. The van der Waals surface area contributed by atoms with Gasteiger partial charge in [0.05, 0.1) is 12.5 Å². The normalized spacial score (nSPS) is 12.6. The molecule has 1 atom stereocenters. The van der Waals surface area contributed by atoms with E-state index in [1.165, 1.54) is 0 Å². The number of carbonyl (C=O) groups is 2. The van der Waals surface area contributed by atoms with Gasteiger partial charge in [0.15, 0.2) is 0 Å². The highest BCUT2D eigenvalue weighted by Crippen LogP contribution is 2.15. The predicted molar refractivity (Wildman–Crippen MR) is 71.8 cm³/mol. The van der Waals surface area contributed by atoms with E-state index >= 15 is 0 Å². The third-order valence-electron chi connectivity index (χ3n) is 2.56. The minimum absolute atomic E-state index is 0.103. The predicted octanol–water partition coefficient (Wildman–Crippen LogP) is 1.30. The van der Waals surface area contributed by atoms with Gasteiger partial charge in [-0.15, -0.1) is 0 Å². The van der Waals surface area contributed by atoms with Gasteiger partial charge in [0, 0.05) is 5.41 Å². The van der Waals surface area contributed by atoms with Crippen LogP contribution in [0.2, 0.25) is 0 Å². The van der Waals surface area contributed by atoms with Gasteiger partial charge in [-0.05, 0) is 5.56 Å². The Morgan fingerprint density at radius 3 is 2.26 bits per heavy atom. The second-order valence-corrected chi connectivity index (χ2v) is 5.38. The lowest BCUT2D eigenvalue weighted by Gasteiger charge is -2.18. The lowest BCUT2D eigenvalue weighted by Crippen LogP contribution is -2.46. The molecular formula is C14H20N2O3. The van der Waals surface area contributed by atoms with Gasteiger partial charge in [-0.3, -0.25) is 20.4 Å². The average molecular weight is 264 g/mol. The van der Waals surface area contributed by atoms with Crippen LogP contribution in [-0.2, 0) is 9.59 Å². The van der Waals surface area contributed by atoms with Crippen molar-refractivity contribution < 1.29 is 14.7 Å². The zero-order chi connectivity index (χ0) is 14.5. The molecule has 0 aliphatic rings. The smallest absolute Gasteiger partial charge is 0.243 e. The largest absolute Gasteiger partial charge is 0.388 e. The Kier molecular flexibility index (Phi) is 5.06. The van der Waals surface area contributed by atoms with E-state index in [9.17, 15) is 14.7 Å². The van der Waals surface area contributed by atoms with Crippen molar-refractivity contribution in [1.82, 2.24) is 10.9 Å². The van der Waals surface area contributed by atoms with Crippen LogP contribution in [0.25, 0.3) is 0 Å². The number of nitrogens with one attached hydrogen (secondary N) is 2. The molecule has 5 nitrogen and oxygen atoms in total. The zero-order valence-electron chi connectivity index (χ0n) is 11.4. The minimum atomic E-state index is -0.882. The summed E-state index contributed by atoms with van der Waals surface area (Å²) in [5.41, 5.74) is 4.71. The molecule has 0 heterocycles. The van der Waals surface area contributed by atoms with E-state index < -0.39 is 17.4 Å².